The Morgan fingerprint density at radius 3 is 2.83 bits per heavy atom. The number of terminal acetylenes is 1. The fraction of sp³-hybridized carbons (Fsp3) is 0.111. The largest absolute Gasteiger partial charge is 0.480 e. The van der Waals surface area contributed by atoms with Crippen molar-refractivity contribution in [2.45, 2.75) is 0 Å². The van der Waals surface area contributed by atoms with Crippen LogP contribution in [-0.2, 0) is 0 Å². The molecule has 0 saturated heterocycles. The van der Waals surface area contributed by atoms with Crippen LogP contribution in [0.4, 0.5) is 0 Å². The maximum absolute atomic E-state index is 5.25. The molecule has 0 atom stereocenters. The van der Waals surface area contributed by atoms with Crippen molar-refractivity contribution in [2.24, 2.45) is 0 Å². The van der Waals surface area contributed by atoms with Crippen LogP contribution in [0.2, 0.25) is 0 Å². The van der Waals surface area contributed by atoms with Crippen molar-refractivity contribution in [2.75, 3.05) is 6.61 Å². The van der Waals surface area contributed by atoms with Crippen LogP contribution in [0.3, 0.4) is 0 Å². The highest BCUT2D eigenvalue weighted by molar-refractivity contribution is 9.11. The van der Waals surface area contributed by atoms with E-state index in [0.717, 1.165) is 14.7 Å². The van der Waals surface area contributed by atoms with Crippen molar-refractivity contribution < 1.29 is 4.74 Å². The van der Waals surface area contributed by atoms with Gasteiger partial charge in [0.1, 0.15) is 12.4 Å². The molecule has 1 nitrogen and oxygen atoms in total. The van der Waals surface area contributed by atoms with Gasteiger partial charge in [-0.3, -0.25) is 0 Å². The molecule has 0 aromatic heterocycles. The summed E-state index contributed by atoms with van der Waals surface area (Å²) in [5.41, 5.74) is 0. The van der Waals surface area contributed by atoms with E-state index in [1.165, 1.54) is 0 Å². The number of ether oxygens (including phenoxy) is 1. The molecule has 0 saturated carbocycles. The summed E-state index contributed by atoms with van der Waals surface area (Å²) in [7, 11) is 0. The molecule has 0 fully saturated rings. The van der Waals surface area contributed by atoms with Gasteiger partial charge in [0.25, 0.3) is 0 Å². The van der Waals surface area contributed by atoms with E-state index in [-0.39, 0.29) is 6.61 Å². The third kappa shape index (κ3) is 2.54. The smallest absolute Gasteiger partial charge is 0.148 e. The Labute approximate surface area is 88.4 Å². The van der Waals surface area contributed by atoms with Crippen LogP contribution in [-0.4, -0.2) is 6.61 Å². The topological polar surface area (TPSA) is 9.23 Å². The third-order valence-corrected chi connectivity index (χ3v) is 2.35. The molecule has 12 heavy (non-hydrogen) atoms. The zero-order valence-electron chi connectivity index (χ0n) is 6.18. The molecule has 0 radical (unpaired) electrons. The quantitative estimate of drug-likeness (QED) is 0.760. The van der Waals surface area contributed by atoms with Gasteiger partial charge in [-0.2, -0.15) is 0 Å². The Balaban J connectivity index is 2.84. The normalized spacial score (nSPS) is 9.08. The second-order valence-corrected chi connectivity index (χ2v) is 3.84. The molecule has 0 unspecified atom stereocenters. The van der Waals surface area contributed by atoms with Crippen LogP contribution in [0.15, 0.2) is 27.1 Å². The minimum Gasteiger partial charge on any atom is -0.480 e. The van der Waals surface area contributed by atoms with E-state index in [0.29, 0.717) is 0 Å². The molecule has 0 aliphatic heterocycles. The number of hydrogen-bond acceptors (Lipinski definition) is 1. The summed E-state index contributed by atoms with van der Waals surface area (Å²) in [4.78, 5) is 0. The van der Waals surface area contributed by atoms with Crippen molar-refractivity contribution >= 4 is 31.9 Å². The standard InChI is InChI=1S/C9H6Br2O/c1-2-5-12-9-6-7(10)3-4-8(9)11/h1,3-4,6H,5H2. The van der Waals surface area contributed by atoms with Gasteiger partial charge < -0.3 is 4.74 Å². The lowest BCUT2D eigenvalue weighted by atomic mass is 10.3. The fourth-order valence-corrected chi connectivity index (χ4v) is 1.41. The highest BCUT2D eigenvalue weighted by Gasteiger charge is 1.99. The molecule has 1 aromatic rings. The molecule has 3 heteroatoms. The van der Waals surface area contributed by atoms with Gasteiger partial charge in [-0.1, -0.05) is 21.9 Å². The molecule has 62 valence electrons. The summed E-state index contributed by atoms with van der Waals surface area (Å²) >= 11 is 6.68. The van der Waals surface area contributed by atoms with Crippen LogP contribution in [0, 0.1) is 12.3 Å². The van der Waals surface area contributed by atoms with Gasteiger partial charge in [0, 0.05) is 4.47 Å². The first-order valence-corrected chi connectivity index (χ1v) is 4.84. The molecule has 0 spiro atoms. The molecule has 0 N–H and O–H groups in total. The van der Waals surface area contributed by atoms with Crippen molar-refractivity contribution in [3.8, 4) is 18.1 Å². The number of rotatable bonds is 2. The zero-order chi connectivity index (χ0) is 8.97. The average molecular weight is 290 g/mol. The van der Waals surface area contributed by atoms with E-state index in [9.17, 15) is 0 Å². The van der Waals surface area contributed by atoms with Crippen LogP contribution < -0.4 is 4.74 Å². The predicted molar refractivity (Wildman–Crippen MR) is 56.2 cm³/mol. The number of hydrogen-bond donors (Lipinski definition) is 0. The predicted octanol–water partition coefficient (Wildman–Crippen LogP) is 3.22. The van der Waals surface area contributed by atoms with Crippen LogP contribution in [0.25, 0.3) is 0 Å². The molecule has 0 bridgehead atoms. The summed E-state index contributed by atoms with van der Waals surface area (Å²) in [5, 5.41) is 0. The third-order valence-electron chi connectivity index (χ3n) is 1.20. The first-order valence-electron chi connectivity index (χ1n) is 3.25. The van der Waals surface area contributed by atoms with Crippen molar-refractivity contribution in [3.05, 3.63) is 27.1 Å². The van der Waals surface area contributed by atoms with Crippen LogP contribution >= 0.6 is 31.9 Å². The second-order valence-electron chi connectivity index (χ2n) is 2.07. The first kappa shape index (κ1) is 9.63. The lowest BCUT2D eigenvalue weighted by Crippen LogP contribution is -1.93. The van der Waals surface area contributed by atoms with E-state index in [1.54, 1.807) is 0 Å². The molecule has 1 aromatic carbocycles. The maximum atomic E-state index is 5.25. The minimum absolute atomic E-state index is 0.287. The maximum Gasteiger partial charge on any atom is 0.148 e. The second kappa shape index (κ2) is 4.54. The zero-order valence-corrected chi connectivity index (χ0v) is 9.35. The monoisotopic (exact) mass is 288 g/mol. The number of halogens is 2. The summed E-state index contributed by atoms with van der Waals surface area (Å²) < 4.78 is 7.13. The minimum atomic E-state index is 0.287. The fourth-order valence-electron chi connectivity index (χ4n) is 0.707. The van der Waals surface area contributed by atoms with E-state index >= 15 is 0 Å². The molecule has 0 aliphatic carbocycles. The van der Waals surface area contributed by atoms with Gasteiger partial charge in [0.05, 0.1) is 4.47 Å². The van der Waals surface area contributed by atoms with Crippen molar-refractivity contribution in [1.82, 2.24) is 0 Å². The van der Waals surface area contributed by atoms with E-state index in [4.69, 9.17) is 11.2 Å². The van der Waals surface area contributed by atoms with Gasteiger partial charge in [-0.15, -0.1) is 6.42 Å². The Morgan fingerprint density at radius 1 is 1.42 bits per heavy atom. The molecule has 1 rings (SSSR count). The summed E-state index contributed by atoms with van der Waals surface area (Å²) in [6.45, 7) is 0.287. The molecule has 0 aliphatic rings. The van der Waals surface area contributed by atoms with E-state index in [1.807, 2.05) is 18.2 Å². The Kier molecular flexibility index (Phi) is 3.64. The van der Waals surface area contributed by atoms with Crippen molar-refractivity contribution in [1.29, 1.82) is 0 Å². The van der Waals surface area contributed by atoms with Crippen molar-refractivity contribution in [3.63, 3.8) is 0 Å². The summed E-state index contributed by atoms with van der Waals surface area (Å²) in [6.07, 6.45) is 5.06. The Bertz CT molecular complexity index is 315. The van der Waals surface area contributed by atoms with E-state index < -0.39 is 0 Å². The summed E-state index contributed by atoms with van der Waals surface area (Å²) in [5.74, 6) is 3.16. The van der Waals surface area contributed by atoms with Gasteiger partial charge >= 0.3 is 0 Å². The highest BCUT2D eigenvalue weighted by atomic mass is 79.9. The SMILES string of the molecule is C#CCOc1cc(Br)ccc1Br. The van der Waals surface area contributed by atoms with Crippen LogP contribution in [0.5, 0.6) is 5.75 Å². The molecule has 0 amide bonds. The van der Waals surface area contributed by atoms with E-state index in [2.05, 4.69) is 37.8 Å². The first-order chi connectivity index (χ1) is 5.74. The van der Waals surface area contributed by atoms with Gasteiger partial charge in [0.2, 0.25) is 0 Å². The number of benzene rings is 1. The highest BCUT2D eigenvalue weighted by Crippen LogP contribution is 2.28. The molecular weight excluding hydrogens is 284 g/mol. The Morgan fingerprint density at radius 2 is 2.17 bits per heavy atom. The van der Waals surface area contributed by atoms with Gasteiger partial charge in [-0.25, -0.2) is 0 Å². The summed E-state index contributed by atoms with van der Waals surface area (Å²) in [6, 6.07) is 5.68. The lowest BCUT2D eigenvalue weighted by Gasteiger charge is -2.04. The van der Waals surface area contributed by atoms with Gasteiger partial charge in [0.15, 0.2) is 0 Å². The molecule has 0 heterocycles. The average Bonchev–Trinajstić information content (AvgIpc) is 2.07. The molecular formula is C9H6Br2O. The van der Waals surface area contributed by atoms with Gasteiger partial charge in [-0.05, 0) is 34.1 Å². The van der Waals surface area contributed by atoms with Crippen LogP contribution in [0.1, 0.15) is 0 Å². The lowest BCUT2D eigenvalue weighted by molar-refractivity contribution is 0.368. The Hall–Kier alpha value is -0.460.